The molecule has 1 aromatic carbocycles. The molecule has 2 fully saturated rings. The Balaban J connectivity index is 1.92. The maximum Gasteiger partial charge on any atom is 0.225 e. The molecule has 2 saturated heterocycles. The molecule has 0 aromatic heterocycles. The Labute approximate surface area is 88.6 Å². The summed E-state index contributed by atoms with van der Waals surface area (Å²) in [7, 11) is 0. The van der Waals surface area contributed by atoms with Crippen molar-refractivity contribution in [3.05, 3.63) is 35.9 Å². The zero-order valence-electron chi connectivity index (χ0n) is 8.43. The molecular weight excluding hydrogens is 190 g/mol. The fourth-order valence-electron chi connectivity index (χ4n) is 2.43. The van der Waals surface area contributed by atoms with Crippen LogP contribution in [0.15, 0.2) is 30.3 Å². The second-order valence-electron chi connectivity index (χ2n) is 4.05. The molecule has 1 aromatic rings. The average Bonchev–Trinajstić information content (AvgIpc) is 2.84. The number of benzene rings is 1. The van der Waals surface area contributed by atoms with E-state index in [-0.39, 0.29) is 18.2 Å². The molecule has 1 unspecified atom stereocenters. The van der Waals surface area contributed by atoms with Gasteiger partial charge < -0.3 is 9.64 Å². The van der Waals surface area contributed by atoms with E-state index in [9.17, 15) is 4.79 Å². The van der Waals surface area contributed by atoms with Gasteiger partial charge in [0.15, 0.2) is 0 Å². The molecular formula is C12H13NO2. The third kappa shape index (κ3) is 1.35. The molecule has 0 saturated carbocycles. The Kier molecular flexibility index (Phi) is 1.99. The van der Waals surface area contributed by atoms with Crippen molar-refractivity contribution in [3.63, 3.8) is 0 Å². The summed E-state index contributed by atoms with van der Waals surface area (Å²) in [5, 5.41) is 0. The third-order valence-corrected chi connectivity index (χ3v) is 3.17. The minimum absolute atomic E-state index is 0.0303. The predicted molar refractivity (Wildman–Crippen MR) is 55.0 cm³/mol. The molecule has 0 N–H and O–H groups in total. The number of carbonyl (C=O) groups excluding carboxylic acids is 1. The van der Waals surface area contributed by atoms with Crippen molar-refractivity contribution < 1.29 is 9.53 Å². The van der Waals surface area contributed by atoms with Crippen molar-refractivity contribution in [2.45, 2.75) is 25.1 Å². The molecule has 78 valence electrons. The number of carbonyl (C=O) groups is 1. The first-order valence-electron chi connectivity index (χ1n) is 5.34. The van der Waals surface area contributed by atoms with Gasteiger partial charge in [0.2, 0.25) is 5.91 Å². The number of fused-ring (bicyclic) bond motifs is 1. The van der Waals surface area contributed by atoms with Crippen molar-refractivity contribution in [2.24, 2.45) is 0 Å². The maximum absolute atomic E-state index is 11.7. The Bertz CT molecular complexity index is 376. The summed E-state index contributed by atoms with van der Waals surface area (Å²) >= 11 is 0. The zero-order chi connectivity index (χ0) is 10.3. The van der Waals surface area contributed by atoms with Crippen molar-refractivity contribution in [1.29, 1.82) is 0 Å². The van der Waals surface area contributed by atoms with Crippen LogP contribution < -0.4 is 0 Å². The van der Waals surface area contributed by atoms with Crippen LogP contribution in [0, 0.1) is 0 Å². The zero-order valence-corrected chi connectivity index (χ0v) is 8.43. The van der Waals surface area contributed by atoms with Gasteiger partial charge in [0.25, 0.3) is 0 Å². The fraction of sp³-hybridized carbons (Fsp3) is 0.417. The second-order valence-corrected chi connectivity index (χ2v) is 4.05. The van der Waals surface area contributed by atoms with Gasteiger partial charge in [-0.3, -0.25) is 4.79 Å². The molecule has 2 aliphatic rings. The maximum atomic E-state index is 11.7. The first kappa shape index (κ1) is 8.92. The third-order valence-electron chi connectivity index (χ3n) is 3.17. The monoisotopic (exact) mass is 203 g/mol. The van der Waals surface area contributed by atoms with E-state index in [1.807, 2.05) is 23.1 Å². The Morgan fingerprint density at radius 1 is 1.27 bits per heavy atom. The van der Waals surface area contributed by atoms with E-state index < -0.39 is 0 Å². The van der Waals surface area contributed by atoms with Crippen molar-refractivity contribution in [3.8, 4) is 0 Å². The smallest absolute Gasteiger partial charge is 0.225 e. The van der Waals surface area contributed by atoms with Crippen LogP contribution in [-0.2, 0) is 9.53 Å². The van der Waals surface area contributed by atoms with E-state index in [1.54, 1.807) is 0 Å². The Hall–Kier alpha value is -1.35. The summed E-state index contributed by atoms with van der Waals surface area (Å²) in [6, 6.07) is 10.2. The first-order chi connectivity index (χ1) is 7.36. The van der Waals surface area contributed by atoms with Gasteiger partial charge in [-0.05, 0) is 5.56 Å². The van der Waals surface area contributed by atoms with Crippen LogP contribution in [0.4, 0.5) is 0 Å². The quantitative estimate of drug-likeness (QED) is 0.695. The molecule has 0 radical (unpaired) electrons. The van der Waals surface area contributed by atoms with Gasteiger partial charge >= 0.3 is 0 Å². The molecule has 1 amide bonds. The highest BCUT2D eigenvalue weighted by Crippen LogP contribution is 2.36. The van der Waals surface area contributed by atoms with Gasteiger partial charge in [0.1, 0.15) is 6.23 Å². The summed E-state index contributed by atoms with van der Waals surface area (Å²) < 4.78 is 5.62. The topological polar surface area (TPSA) is 29.5 Å². The molecule has 2 heterocycles. The number of nitrogens with zero attached hydrogens (tertiary/aromatic N) is 1. The second kappa shape index (κ2) is 3.35. The van der Waals surface area contributed by atoms with Crippen LogP contribution >= 0.6 is 0 Å². The SMILES string of the molecule is O=C1CCC2OC[C@@H](c3ccccc3)N12. The molecule has 2 aliphatic heterocycles. The molecule has 3 heteroatoms. The van der Waals surface area contributed by atoms with Gasteiger partial charge in [0.05, 0.1) is 12.6 Å². The molecule has 2 atom stereocenters. The largest absolute Gasteiger partial charge is 0.356 e. The van der Waals surface area contributed by atoms with Crippen LogP contribution in [0.25, 0.3) is 0 Å². The number of ether oxygens (including phenoxy) is 1. The first-order valence-corrected chi connectivity index (χ1v) is 5.34. The van der Waals surface area contributed by atoms with Crippen LogP contribution in [0.5, 0.6) is 0 Å². The van der Waals surface area contributed by atoms with E-state index in [4.69, 9.17) is 4.74 Å². The predicted octanol–water partition coefficient (Wildman–Crippen LogP) is 1.71. The summed E-state index contributed by atoms with van der Waals surface area (Å²) in [5.41, 5.74) is 1.18. The van der Waals surface area contributed by atoms with Crippen LogP contribution in [0.2, 0.25) is 0 Å². The lowest BCUT2D eigenvalue weighted by Crippen LogP contribution is -2.30. The normalized spacial score (nSPS) is 29.6. The Morgan fingerprint density at radius 2 is 2.07 bits per heavy atom. The van der Waals surface area contributed by atoms with E-state index >= 15 is 0 Å². The van der Waals surface area contributed by atoms with E-state index in [0.717, 1.165) is 6.42 Å². The van der Waals surface area contributed by atoms with Gasteiger partial charge in [0, 0.05) is 12.8 Å². The average molecular weight is 203 g/mol. The minimum Gasteiger partial charge on any atom is -0.356 e. The number of hydrogen-bond donors (Lipinski definition) is 0. The Morgan fingerprint density at radius 3 is 2.87 bits per heavy atom. The summed E-state index contributed by atoms with van der Waals surface area (Å²) in [5.74, 6) is 0.228. The van der Waals surface area contributed by atoms with Crippen LogP contribution in [0.1, 0.15) is 24.4 Å². The highest BCUT2D eigenvalue weighted by molar-refractivity contribution is 5.79. The molecule has 15 heavy (non-hydrogen) atoms. The molecule has 3 nitrogen and oxygen atoms in total. The van der Waals surface area contributed by atoms with Gasteiger partial charge in [-0.2, -0.15) is 0 Å². The summed E-state index contributed by atoms with van der Waals surface area (Å²) in [6.45, 7) is 0.639. The van der Waals surface area contributed by atoms with E-state index in [1.165, 1.54) is 5.56 Å². The number of amides is 1. The fourth-order valence-corrected chi connectivity index (χ4v) is 2.43. The van der Waals surface area contributed by atoms with Crippen molar-refractivity contribution in [2.75, 3.05) is 6.61 Å². The van der Waals surface area contributed by atoms with Crippen molar-refractivity contribution >= 4 is 5.91 Å². The highest BCUT2D eigenvalue weighted by Gasteiger charge is 2.42. The standard InChI is InChI=1S/C12H13NO2/c14-11-6-7-12-13(11)10(8-15-12)9-4-2-1-3-5-9/h1-5,10,12H,6-8H2/t10-,12?/m0/s1. The van der Waals surface area contributed by atoms with E-state index in [2.05, 4.69) is 12.1 Å². The molecule has 3 rings (SSSR count). The summed E-state index contributed by atoms with van der Waals surface area (Å²) in [6.07, 6.45) is 1.51. The molecule has 0 aliphatic carbocycles. The number of rotatable bonds is 1. The lowest BCUT2D eigenvalue weighted by atomic mass is 10.1. The van der Waals surface area contributed by atoms with Gasteiger partial charge in [-0.25, -0.2) is 0 Å². The van der Waals surface area contributed by atoms with Crippen LogP contribution in [-0.4, -0.2) is 23.6 Å². The number of hydrogen-bond acceptors (Lipinski definition) is 2. The van der Waals surface area contributed by atoms with Crippen LogP contribution in [0.3, 0.4) is 0 Å². The van der Waals surface area contributed by atoms with E-state index in [0.29, 0.717) is 13.0 Å². The lowest BCUT2D eigenvalue weighted by Gasteiger charge is -2.21. The molecule has 0 bridgehead atoms. The van der Waals surface area contributed by atoms with Crippen molar-refractivity contribution in [1.82, 2.24) is 4.90 Å². The molecule has 0 spiro atoms. The summed E-state index contributed by atoms with van der Waals surface area (Å²) in [4.78, 5) is 13.6. The lowest BCUT2D eigenvalue weighted by molar-refractivity contribution is -0.131. The van der Waals surface area contributed by atoms with Gasteiger partial charge in [-0.15, -0.1) is 0 Å². The highest BCUT2D eigenvalue weighted by atomic mass is 16.5. The van der Waals surface area contributed by atoms with Gasteiger partial charge in [-0.1, -0.05) is 30.3 Å². The minimum atomic E-state index is 0.0303.